The third-order valence-corrected chi connectivity index (χ3v) is 0.464. The van der Waals surface area contributed by atoms with Gasteiger partial charge in [-0.2, -0.15) is 0 Å². The van der Waals surface area contributed by atoms with Crippen molar-refractivity contribution in [2.24, 2.45) is 0 Å². The molecular formula is C4H8O2Sb. The predicted molar refractivity (Wildman–Crippen MR) is 28.3 cm³/mol. The van der Waals surface area contributed by atoms with Crippen LogP contribution in [0.4, 0.5) is 0 Å². The fourth-order valence-electron chi connectivity index (χ4n) is 0.214. The Balaban J connectivity index is 0. The van der Waals surface area contributed by atoms with Gasteiger partial charge in [0, 0.05) is 30.8 Å². The van der Waals surface area contributed by atoms with E-state index in [-0.39, 0.29) is 24.4 Å². The van der Waals surface area contributed by atoms with Crippen molar-refractivity contribution >= 4 is 30.4 Å². The Hall–Kier alpha value is 0.288. The molecule has 0 aromatic heterocycles. The van der Waals surface area contributed by atoms with Gasteiger partial charge in [0.1, 0.15) is 0 Å². The number of carboxylic acid groups (broad SMARTS) is 1. The molecule has 0 spiro atoms. The van der Waals surface area contributed by atoms with Gasteiger partial charge in [0.2, 0.25) is 0 Å². The standard InChI is InChI=1S/C4H8O2.Sb/c1-2-3-4(5)6;/h2-3H2,1H3,(H,5,6);. The van der Waals surface area contributed by atoms with Crippen molar-refractivity contribution < 1.29 is 9.90 Å². The maximum Gasteiger partial charge on any atom is 0.303 e. The van der Waals surface area contributed by atoms with Crippen molar-refractivity contribution in [1.82, 2.24) is 0 Å². The first kappa shape index (κ1) is 10.3. The van der Waals surface area contributed by atoms with Gasteiger partial charge in [0.25, 0.3) is 0 Å². The number of carboxylic acids is 1. The van der Waals surface area contributed by atoms with E-state index in [1.807, 2.05) is 6.92 Å². The summed E-state index contributed by atoms with van der Waals surface area (Å²) in [6.45, 7) is 1.84. The molecule has 2 nitrogen and oxygen atoms in total. The number of hydrogen-bond donors (Lipinski definition) is 1. The molecule has 1 N–H and O–H groups in total. The molecule has 0 amide bonds. The Kier molecular flexibility index (Phi) is 9.26. The summed E-state index contributed by atoms with van der Waals surface area (Å²) in [5, 5.41) is 7.91. The van der Waals surface area contributed by atoms with Crippen LogP contribution in [0.1, 0.15) is 19.8 Å². The molecule has 0 aliphatic carbocycles. The topological polar surface area (TPSA) is 37.3 Å². The van der Waals surface area contributed by atoms with Gasteiger partial charge in [-0.05, 0) is 6.42 Å². The molecule has 0 unspecified atom stereocenters. The second-order valence-electron chi connectivity index (χ2n) is 1.14. The van der Waals surface area contributed by atoms with E-state index < -0.39 is 5.97 Å². The van der Waals surface area contributed by atoms with Gasteiger partial charge in [-0.25, -0.2) is 0 Å². The van der Waals surface area contributed by atoms with Gasteiger partial charge in [-0.1, -0.05) is 6.92 Å². The molecule has 3 heteroatoms. The largest absolute Gasteiger partial charge is 0.481 e. The molecule has 7 heavy (non-hydrogen) atoms. The summed E-state index contributed by atoms with van der Waals surface area (Å²) in [6, 6.07) is 0. The Bertz CT molecular complexity index is 53.7. The van der Waals surface area contributed by atoms with Crippen molar-refractivity contribution in [2.75, 3.05) is 0 Å². The molecule has 0 aromatic carbocycles. The van der Waals surface area contributed by atoms with Crippen LogP contribution in [-0.2, 0) is 4.79 Å². The fraction of sp³-hybridized carbons (Fsp3) is 0.750. The minimum Gasteiger partial charge on any atom is -0.481 e. The first-order valence-electron chi connectivity index (χ1n) is 1.99. The van der Waals surface area contributed by atoms with Crippen molar-refractivity contribution in [1.29, 1.82) is 0 Å². The summed E-state index contributed by atoms with van der Waals surface area (Å²) in [7, 11) is 0. The van der Waals surface area contributed by atoms with Gasteiger partial charge in [-0.15, -0.1) is 0 Å². The van der Waals surface area contributed by atoms with Crippen LogP contribution in [0.3, 0.4) is 0 Å². The summed E-state index contributed by atoms with van der Waals surface area (Å²) < 4.78 is 0. The Morgan fingerprint density at radius 3 is 2.14 bits per heavy atom. The molecule has 41 valence electrons. The molecule has 0 bridgehead atoms. The van der Waals surface area contributed by atoms with E-state index in [1.165, 1.54) is 0 Å². The van der Waals surface area contributed by atoms with E-state index in [0.29, 0.717) is 6.42 Å². The van der Waals surface area contributed by atoms with E-state index >= 15 is 0 Å². The molecule has 0 heterocycles. The monoisotopic (exact) mass is 209 g/mol. The van der Waals surface area contributed by atoms with Gasteiger partial charge in [-0.3, -0.25) is 4.79 Å². The van der Waals surface area contributed by atoms with Crippen molar-refractivity contribution in [3.05, 3.63) is 0 Å². The SMILES string of the molecule is CCCC(=O)O.[Sb]. The molecule has 0 saturated heterocycles. The second-order valence-corrected chi connectivity index (χ2v) is 1.14. The molecule has 0 aliphatic rings. The number of aliphatic carboxylic acids is 1. The van der Waals surface area contributed by atoms with Gasteiger partial charge >= 0.3 is 5.97 Å². The van der Waals surface area contributed by atoms with Crippen LogP contribution < -0.4 is 0 Å². The minimum absolute atomic E-state index is 0. The Morgan fingerprint density at radius 1 is 1.71 bits per heavy atom. The average molecular weight is 210 g/mol. The van der Waals surface area contributed by atoms with Gasteiger partial charge in [0.05, 0.1) is 0 Å². The van der Waals surface area contributed by atoms with Crippen molar-refractivity contribution in [3.63, 3.8) is 0 Å². The van der Waals surface area contributed by atoms with Crippen LogP contribution >= 0.6 is 0 Å². The molecular weight excluding hydrogens is 202 g/mol. The zero-order valence-electron chi connectivity index (χ0n) is 4.22. The van der Waals surface area contributed by atoms with Gasteiger partial charge < -0.3 is 5.11 Å². The third kappa shape index (κ3) is 10.7. The van der Waals surface area contributed by atoms with Crippen LogP contribution in [0.25, 0.3) is 0 Å². The Morgan fingerprint density at radius 2 is 2.14 bits per heavy atom. The predicted octanol–water partition coefficient (Wildman–Crippen LogP) is 0.490. The van der Waals surface area contributed by atoms with Gasteiger partial charge in [0.15, 0.2) is 0 Å². The number of rotatable bonds is 2. The van der Waals surface area contributed by atoms with Crippen LogP contribution in [0.5, 0.6) is 0 Å². The molecule has 0 saturated carbocycles. The molecule has 0 aliphatic heterocycles. The maximum atomic E-state index is 9.60. The first-order valence-corrected chi connectivity index (χ1v) is 1.99. The minimum atomic E-state index is -0.711. The fourth-order valence-corrected chi connectivity index (χ4v) is 0.214. The molecule has 0 atom stereocenters. The zero-order chi connectivity index (χ0) is 4.99. The van der Waals surface area contributed by atoms with Crippen LogP contribution in [0.15, 0.2) is 0 Å². The normalized spacial score (nSPS) is 7.00. The first-order chi connectivity index (χ1) is 2.77. The molecule has 0 aromatic rings. The molecule has 0 fully saturated rings. The van der Waals surface area contributed by atoms with Crippen LogP contribution in [0, 0.1) is 0 Å². The molecule has 0 rings (SSSR count). The number of carbonyl (C=O) groups is 1. The van der Waals surface area contributed by atoms with Crippen LogP contribution in [-0.4, -0.2) is 35.5 Å². The average Bonchev–Trinajstić information content (AvgIpc) is 1.35. The van der Waals surface area contributed by atoms with Crippen molar-refractivity contribution in [3.8, 4) is 0 Å². The maximum absolute atomic E-state index is 9.60. The summed E-state index contributed by atoms with van der Waals surface area (Å²) in [6.07, 6.45) is 1.02. The summed E-state index contributed by atoms with van der Waals surface area (Å²) in [5.41, 5.74) is 0. The van der Waals surface area contributed by atoms with E-state index in [4.69, 9.17) is 5.11 Å². The second kappa shape index (κ2) is 6.29. The van der Waals surface area contributed by atoms with E-state index in [2.05, 4.69) is 0 Å². The van der Waals surface area contributed by atoms with E-state index in [9.17, 15) is 4.79 Å². The Labute approximate surface area is 60.4 Å². The summed E-state index contributed by atoms with van der Waals surface area (Å²) >= 11 is 0. The summed E-state index contributed by atoms with van der Waals surface area (Å²) in [4.78, 5) is 9.60. The zero-order valence-corrected chi connectivity index (χ0v) is 6.77. The van der Waals surface area contributed by atoms with Crippen LogP contribution in [0.2, 0.25) is 0 Å². The van der Waals surface area contributed by atoms with Crippen molar-refractivity contribution in [2.45, 2.75) is 19.8 Å². The summed E-state index contributed by atoms with van der Waals surface area (Å²) in [5.74, 6) is -0.711. The molecule has 3 radical (unpaired) electrons. The van der Waals surface area contributed by atoms with E-state index in [1.54, 1.807) is 0 Å². The quantitative estimate of drug-likeness (QED) is 0.673. The smallest absolute Gasteiger partial charge is 0.303 e. The van der Waals surface area contributed by atoms with E-state index in [0.717, 1.165) is 6.42 Å². The third-order valence-electron chi connectivity index (χ3n) is 0.464. The number of hydrogen-bond acceptors (Lipinski definition) is 1.